The van der Waals surface area contributed by atoms with Gasteiger partial charge in [-0.25, -0.2) is 0 Å². The van der Waals surface area contributed by atoms with Crippen LogP contribution in [0.4, 0.5) is 0 Å². The summed E-state index contributed by atoms with van der Waals surface area (Å²) in [5.74, 6) is 1.17. The molecule has 0 spiro atoms. The van der Waals surface area contributed by atoms with Crippen LogP contribution in [0.1, 0.15) is 37.0 Å². The summed E-state index contributed by atoms with van der Waals surface area (Å²) in [4.78, 5) is 5.24. The van der Waals surface area contributed by atoms with Crippen LogP contribution in [0.25, 0.3) is 0 Å². The molecule has 2 aliphatic heterocycles. The summed E-state index contributed by atoms with van der Waals surface area (Å²) in [5.41, 5.74) is 1.35. The fraction of sp³-hybridized carbons (Fsp3) is 0.750. The SMILES string of the molecule is c1cc(CNC2CC2)c(CN2CCN3CCCC3C2)o1. The van der Waals surface area contributed by atoms with Gasteiger partial charge < -0.3 is 9.73 Å². The molecule has 1 aromatic heterocycles. The van der Waals surface area contributed by atoms with E-state index in [2.05, 4.69) is 21.2 Å². The summed E-state index contributed by atoms with van der Waals surface area (Å²) >= 11 is 0. The Hall–Kier alpha value is -0.840. The molecular weight excluding hydrogens is 250 g/mol. The smallest absolute Gasteiger partial charge is 0.122 e. The summed E-state index contributed by atoms with van der Waals surface area (Å²) in [6, 6.07) is 3.70. The van der Waals surface area contributed by atoms with Gasteiger partial charge in [-0.1, -0.05) is 0 Å². The zero-order valence-corrected chi connectivity index (χ0v) is 12.2. The van der Waals surface area contributed by atoms with Gasteiger partial charge in [0.1, 0.15) is 5.76 Å². The van der Waals surface area contributed by atoms with Gasteiger partial charge in [-0.15, -0.1) is 0 Å². The molecule has 0 aromatic carbocycles. The van der Waals surface area contributed by atoms with Crippen LogP contribution in [0.3, 0.4) is 0 Å². The Labute approximate surface area is 121 Å². The highest BCUT2D eigenvalue weighted by Crippen LogP contribution is 2.24. The third-order valence-corrected chi connectivity index (χ3v) is 5.03. The minimum absolute atomic E-state index is 0.764. The van der Waals surface area contributed by atoms with E-state index in [0.717, 1.165) is 25.2 Å². The van der Waals surface area contributed by atoms with Crippen LogP contribution in [0, 0.1) is 0 Å². The van der Waals surface area contributed by atoms with Gasteiger partial charge in [-0.05, 0) is 38.3 Å². The first-order chi connectivity index (χ1) is 9.88. The van der Waals surface area contributed by atoms with Crippen molar-refractivity contribution < 1.29 is 4.42 Å². The molecule has 0 amide bonds. The molecule has 0 bridgehead atoms. The minimum atomic E-state index is 0.764. The number of nitrogens with zero attached hydrogens (tertiary/aromatic N) is 2. The largest absolute Gasteiger partial charge is 0.468 e. The van der Waals surface area contributed by atoms with E-state index in [1.807, 2.05) is 6.26 Å². The number of hydrogen-bond acceptors (Lipinski definition) is 4. The van der Waals surface area contributed by atoms with Crippen molar-refractivity contribution in [2.24, 2.45) is 0 Å². The third-order valence-electron chi connectivity index (χ3n) is 5.03. The molecule has 1 saturated carbocycles. The Balaban J connectivity index is 1.35. The summed E-state index contributed by atoms with van der Waals surface area (Å²) in [5, 5.41) is 3.59. The molecule has 1 unspecified atom stereocenters. The average Bonchev–Trinajstić information content (AvgIpc) is 2.99. The summed E-state index contributed by atoms with van der Waals surface area (Å²) in [6.45, 7) is 6.92. The first-order valence-electron chi connectivity index (χ1n) is 8.13. The van der Waals surface area contributed by atoms with E-state index in [-0.39, 0.29) is 0 Å². The minimum Gasteiger partial charge on any atom is -0.468 e. The fourth-order valence-corrected chi connectivity index (χ4v) is 3.61. The van der Waals surface area contributed by atoms with Gasteiger partial charge >= 0.3 is 0 Å². The molecule has 1 aromatic rings. The molecule has 3 heterocycles. The highest BCUT2D eigenvalue weighted by Gasteiger charge is 2.31. The first kappa shape index (κ1) is 12.9. The van der Waals surface area contributed by atoms with Gasteiger partial charge in [-0.2, -0.15) is 0 Å². The van der Waals surface area contributed by atoms with Gasteiger partial charge in [0, 0.05) is 43.8 Å². The first-order valence-corrected chi connectivity index (χ1v) is 8.13. The Morgan fingerprint density at radius 2 is 2.15 bits per heavy atom. The maximum Gasteiger partial charge on any atom is 0.122 e. The number of nitrogens with one attached hydrogen (secondary N) is 1. The van der Waals surface area contributed by atoms with Crippen molar-refractivity contribution in [2.45, 2.75) is 50.9 Å². The second-order valence-corrected chi connectivity index (χ2v) is 6.59. The Kier molecular flexibility index (Phi) is 3.54. The van der Waals surface area contributed by atoms with Crippen LogP contribution < -0.4 is 5.32 Å². The Morgan fingerprint density at radius 3 is 3.05 bits per heavy atom. The van der Waals surface area contributed by atoms with Gasteiger partial charge in [0.05, 0.1) is 12.8 Å². The molecule has 20 heavy (non-hydrogen) atoms. The highest BCUT2D eigenvalue weighted by molar-refractivity contribution is 5.17. The van der Waals surface area contributed by atoms with Crippen LogP contribution >= 0.6 is 0 Å². The maximum atomic E-state index is 5.74. The van der Waals surface area contributed by atoms with Crippen LogP contribution in [0.15, 0.2) is 16.7 Å². The average molecular weight is 275 g/mol. The van der Waals surface area contributed by atoms with Crippen LogP contribution in [-0.4, -0.2) is 48.1 Å². The Morgan fingerprint density at radius 1 is 1.20 bits per heavy atom. The van der Waals surface area contributed by atoms with Crippen molar-refractivity contribution in [3.63, 3.8) is 0 Å². The molecule has 110 valence electrons. The lowest BCUT2D eigenvalue weighted by atomic mass is 10.1. The zero-order valence-electron chi connectivity index (χ0n) is 12.2. The van der Waals surface area contributed by atoms with Crippen molar-refractivity contribution >= 4 is 0 Å². The van der Waals surface area contributed by atoms with E-state index < -0.39 is 0 Å². The van der Waals surface area contributed by atoms with E-state index in [4.69, 9.17) is 4.42 Å². The lowest BCUT2D eigenvalue weighted by Crippen LogP contribution is -2.49. The summed E-state index contributed by atoms with van der Waals surface area (Å²) in [7, 11) is 0. The van der Waals surface area contributed by atoms with E-state index in [9.17, 15) is 0 Å². The van der Waals surface area contributed by atoms with Crippen molar-refractivity contribution in [1.29, 1.82) is 0 Å². The molecule has 4 heteroatoms. The standard InChI is InChI=1S/C16H25N3O/c1-2-15-11-18(7-8-19(15)6-1)12-16-13(5-9-20-16)10-17-14-3-4-14/h5,9,14-15,17H,1-4,6-8,10-12H2. The van der Waals surface area contributed by atoms with Crippen molar-refractivity contribution in [3.05, 3.63) is 23.7 Å². The Bertz CT molecular complexity index is 454. The van der Waals surface area contributed by atoms with Gasteiger partial charge in [0.2, 0.25) is 0 Å². The molecule has 1 N–H and O–H groups in total. The molecule has 1 aliphatic carbocycles. The van der Waals surface area contributed by atoms with Crippen LogP contribution in [0.5, 0.6) is 0 Å². The second kappa shape index (κ2) is 5.51. The van der Waals surface area contributed by atoms with Crippen molar-refractivity contribution in [1.82, 2.24) is 15.1 Å². The summed E-state index contributed by atoms with van der Waals surface area (Å²) < 4.78 is 5.74. The lowest BCUT2D eigenvalue weighted by molar-refractivity contribution is 0.0938. The van der Waals surface area contributed by atoms with Gasteiger partial charge in [0.15, 0.2) is 0 Å². The molecule has 4 nitrogen and oxygen atoms in total. The third kappa shape index (κ3) is 2.78. The van der Waals surface area contributed by atoms with E-state index in [1.165, 1.54) is 63.2 Å². The van der Waals surface area contributed by atoms with E-state index >= 15 is 0 Å². The fourth-order valence-electron chi connectivity index (χ4n) is 3.61. The molecule has 3 fully saturated rings. The quantitative estimate of drug-likeness (QED) is 0.888. The summed E-state index contributed by atoms with van der Waals surface area (Å²) in [6.07, 6.45) is 7.30. The number of fused-ring (bicyclic) bond motifs is 1. The predicted octanol–water partition coefficient (Wildman–Crippen LogP) is 1.81. The lowest BCUT2D eigenvalue weighted by Gasteiger charge is -2.37. The normalized spacial score (nSPS) is 27.9. The van der Waals surface area contributed by atoms with Gasteiger partial charge in [-0.3, -0.25) is 9.80 Å². The van der Waals surface area contributed by atoms with E-state index in [1.54, 1.807) is 0 Å². The molecule has 0 radical (unpaired) electrons. The number of rotatable bonds is 5. The number of furan rings is 1. The molecule has 4 rings (SSSR count). The molecular formula is C16H25N3O. The zero-order chi connectivity index (χ0) is 13.4. The second-order valence-electron chi connectivity index (χ2n) is 6.59. The number of hydrogen-bond donors (Lipinski definition) is 1. The monoisotopic (exact) mass is 275 g/mol. The van der Waals surface area contributed by atoms with Crippen LogP contribution in [0.2, 0.25) is 0 Å². The molecule has 1 atom stereocenters. The van der Waals surface area contributed by atoms with E-state index in [0.29, 0.717) is 0 Å². The molecule has 2 saturated heterocycles. The molecule has 3 aliphatic rings. The highest BCUT2D eigenvalue weighted by atomic mass is 16.3. The van der Waals surface area contributed by atoms with Crippen LogP contribution in [-0.2, 0) is 13.1 Å². The number of piperazine rings is 1. The topological polar surface area (TPSA) is 31.6 Å². The predicted molar refractivity (Wildman–Crippen MR) is 78.4 cm³/mol. The maximum absolute atomic E-state index is 5.74. The van der Waals surface area contributed by atoms with Crippen molar-refractivity contribution in [3.8, 4) is 0 Å². The van der Waals surface area contributed by atoms with Gasteiger partial charge in [0.25, 0.3) is 0 Å². The van der Waals surface area contributed by atoms with Crippen molar-refractivity contribution in [2.75, 3.05) is 26.2 Å².